The third-order valence-corrected chi connectivity index (χ3v) is 4.16. The highest BCUT2D eigenvalue weighted by molar-refractivity contribution is 5.67. The van der Waals surface area contributed by atoms with Gasteiger partial charge >= 0.3 is 0 Å². The Morgan fingerprint density at radius 2 is 1.72 bits per heavy atom. The minimum absolute atomic E-state index is 0.127. The van der Waals surface area contributed by atoms with Crippen molar-refractivity contribution in [2.45, 2.75) is 6.54 Å². The molecule has 7 heteroatoms. The van der Waals surface area contributed by atoms with Gasteiger partial charge in [0.15, 0.2) is 0 Å². The molecular formula is C22H17F2N5. The Bertz CT molecular complexity index is 1100. The van der Waals surface area contributed by atoms with Crippen LogP contribution in [0.5, 0.6) is 0 Å². The number of hydrogen-bond donors (Lipinski definition) is 2. The molecule has 2 heterocycles. The second kappa shape index (κ2) is 8.43. The van der Waals surface area contributed by atoms with Gasteiger partial charge in [0, 0.05) is 36.6 Å². The van der Waals surface area contributed by atoms with E-state index in [0.717, 1.165) is 17.2 Å². The summed E-state index contributed by atoms with van der Waals surface area (Å²) in [6, 6.07) is 18.4. The van der Waals surface area contributed by atoms with Crippen molar-refractivity contribution in [2.24, 2.45) is 0 Å². The van der Waals surface area contributed by atoms with Crippen LogP contribution in [0.15, 0.2) is 79.1 Å². The number of nitrogens with zero attached hydrogens (tertiary/aromatic N) is 3. The summed E-state index contributed by atoms with van der Waals surface area (Å²) in [5, 5.41) is 6.07. The van der Waals surface area contributed by atoms with Crippen molar-refractivity contribution >= 4 is 17.5 Å². The summed E-state index contributed by atoms with van der Waals surface area (Å²) >= 11 is 0. The molecule has 144 valence electrons. The lowest BCUT2D eigenvalue weighted by Gasteiger charge is -2.12. The third kappa shape index (κ3) is 4.70. The average molecular weight is 389 g/mol. The van der Waals surface area contributed by atoms with Gasteiger partial charge in [0.05, 0.1) is 11.4 Å². The van der Waals surface area contributed by atoms with Crippen LogP contribution in [0, 0.1) is 11.6 Å². The van der Waals surface area contributed by atoms with Crippen molar-refractivity contribution in [3.05, 3.63) is 96.3 Å². The van der Waals surface area contributed by atoms with Crippen molar-refractivity contribution in [3.63, 3.8) is 0 Å². The van der Waals surface area contributed by atoms with Crippen molar-refractivity contribution in [1.82, 2.24) is 15.0 Å². The lowest BCUT2D eigenvalue weighted by molar-refractivity contribution is 0.586. The van der Waals surface area contributed by atoms with Gasteiger partial charge in [-0.3, -0.25) is 4.98 Å². The molecule has 0 aliphatic carbocycles. The molecular weight excluding hydrogens is 372 g/mol. The summed E-state index contributed by atoms with van der Waals surface area (Å²) in [4.78, 5) is 13.1. The van der Waals surface area contributed by atoms with Crippen LogP contribution >= 0.6 is 0 Å². The Kier molecular flexibility index (Phi) is 5.38. The van der Waals surface area contributed by atoms with Gasteiger partial charge in [-0.1, -0.05) is 36.4 Å². The normalized spacial score (nSPS) is 10.6. The maximum atomic E-state index is 14.1. The number of aromatic nitrogens is 3. The van der Waals surface area contributed by atoms with Crippen LogP contribution in [-0.2, 0) is 6.54 Å². The molecule has 29 heavy (non-hydrogen) atoms. The summed E-state index contributed by atoms with van der Waals surface area (Å²) < 4.78 is 27.3. The highest BCUT2D eigenvalue weighted by atomic mass is 19.1. The Hall–Kier alpha value is -3.87. The van der Waals surface area contributed by atoms with E-state index in [1.54, 1.807) is 18.5 Å². The highest BCUT2D eigenvalue weighted by Gasteiger charge is 2.10. The zero-order valence-electron chi connectivity index (χ0n) is 15.3. The number of rotatable bonds is 6. The monoisotopic (exact) mass is 389 g/mol. The zero-order chi connectivity index (χ0) is 20.1. The van der Waals surface area contributed by atoms with Gasteiger partial charge in [0.25, 0.3) is 0 Å². The number of pyridine rings is 1. The zero-order valence-corrected chi connectivity index (χ0v) is 15.3. The van der Waals surface area contributed by atoms with Crippen LogP contribution in [-0.4, -0.2) is 15.0 Å². The molecule has 0 bridgehead atoms. The summed E-state index contributed by atoms with van der Waals surface area (Å²) in [5.41, 5.74) is 2.66. The fraction of sp³-hybridized carbons (Fsp3) is 0.0455. The molecule has 0 atom stereocenters. The number of nitrogens with one attached hydrogen (secondary N) is 2. The molecule has 0 spiro atoms. The van der Waals surface area contributed by atoms with Crippen LogP contribution in [0.2, 0.25) is 0 Å². The number of halogens is 2. The van der Waals surface area contributed by atoms with Crippen LogP contribution in [0.4, 0.5) is 26.2 Å². The van der Waals surface area contributed by atoms with Gasteiger partial charge in [-0.2, -0.15) is 4.98 Å². The maximum absolute atomic E-state index is 14.1. The molecule has 4 aromatic rings. The summed E-state index contributed by atoms with van der Waals surface area (Å²) in [6.45, 7) is 0.483. The first-order valence-corrected chi connectivity index (χ1v) is 8.97. The van der Waals surface area contributed by atoms with Crippen LogP contribution in [0.3, 0.4) is 0 Å². The molecule has 0 radical (unpaired) electrons. The molecule has 0 fully saturated rings. The van der Waals surface area contributed by atoms with E-state index in [2.05, 4.69) is 25.6 Å². The second-order valence-corrected chi connectivity index (χ2v) is 6.29. The maximum Gasteiger partial charge on any atom is 0.225 e. The molecule has 0 aliphatic heterocycles. The first-order valence-electron chi connectivity index (χ1n) is 8.97. The lowest BCUT2D eigenvalue weighted by Crippen LogP contribution is -2.07. The highest BCUT2D eigenvalue weighted by Crippen LogP contribution is 2.25. The number of benzene rings is 2. The van der Waals surface area contributed by atoms with Crippen LogP contribution in [0.25, 0.3) is 11.3 Å². The van der Waals surface area contributed by atoms with E-state index in [4.69, 9.17) is 0 Å². The van der Waals surface area contributed by atoms with E-state index >= 15 is 0 Å². The largest absolute Gasteiger partial charge is 0.350 e. The van der Waals surface area contributed by atoms with E-state index in [0.29, 0.717) is 24.0 Å². The standard InChI is InChI=1S/C22H17F2N5/c23-17-8-9-19(18(24)11-17)27-21-12-20(16-6-2-1-3-7-16)28-22(29-21)26-14-15-5-4-10-25-13-15/h1-13H,14H2,(H2,26,27,28,29). The van der Waals surface area contributed by atoms with Gasteiger partial charge < -0.3 is 10.6 Å². The number of anilines is 3. The third-order valence-electron chi connectivity index (χ3n) is 4.16. The first-order chi connectivity index (χ1) is 14.2. The average Bonchev–Trinajstić information content (AvgIpc) is 2.75. The van der Waals surface area contributed by atoms with Crippen LogP contribution < -0.4 is 10.6 Å². The topological polar surface area (TPSA) is 62.7 Å². The van der Waals surface area contributed by atoms with Gasteiger partial charge in [0.1, 0.15) is 17.5 Å². The molecule has 5 nitrogen and oxygen atoms in total. The predicted octanol–water partition coefficient (Wildman–Crippen LogP) is 5.17. The van der Waals surface area contributed by atoms with Gasteiger partial charge in [0.2, 0.25) is 5.95 Å². The Morgan fingerprint density at radius 1 is 0.862 bits per heavy atom. The number of hydrogen-bond acceptors (Lipinski definition) is 5. The van der Waals surface area contributed by atoms with E-state index in [1.807, 2.05) is 42.5 Å². The second-order valence-electron chi connectivity index (χ2n) is 6.29. The quantitative estimate of drug-likeness (QED) is 0.476. The molecule has 2 N–H and O–H groups in total. The molecule has 0 unspecified atom stereocenters. The Morgan fingerprint density at radius 3 is 2.48 bits per heavy atom. The molecule has 2 aromatic carbocycles. The molecule has 0 aliphatic rings. The van der Waals surface area contributed by atoms with Crippen molar-refractivity contribution < 1.29 is 8.78 Å². The van der Waals surface area contributed by atoms with E-state index < -0.39 is 11.6 Å². The fourth-order valence-corrected chi connectivity index (χ4v) is 2.76. The summed E-state index contributed by atoms with van der Waals surface area (Å²) in [7, 11) is 0. The van der Waals surface area contributed by atoms with Crippen molar-refractivity contribution in [3.8, 4) is 11.3 Å². The van der Waals surface area contributed by atoms with E-state index in [-0.39, 0.29) is 5.69 Å². The molecule has 2 aromatic heterocycles. The summed E-state index contributed by atoms with van der Waals surface area (Å²) in [6.07, 6.45) is 3.45. The molecule has 0 saturated carbocycles. The van der Waals surface area contributed by atoms with E-state index in [1.165, 1.54) is 12.1 Å². The van der Waals surface area contributed by atoms with Gasteiger partial charge in [-0.05, 0) is 23.8 Å². The SMILES string of the molecule is Fc1ccc(Nc2cc(-c3ccccc3)nc(NCc3cccnc3)n2)c(F)c1. The first kappa shape index (κ1) is 18.5. The predicted molar refractivity (Wildman–Crippen MR) is 109 cm³/mol. The Balaban J connectivity index is 1.66. The smallest absolute Gasteiger partial charge is 0.225 e. The lowest BCUT2D eigenvalue weighted by atomic mass is 10.1. The molecule has 4 rings (SSSR count). The van der Waals surface area contributed by atoms with Crippen LogP contribution in [0.1, 0.15) is 5.56 Å². The Labute approximate surface area is 166 Å². The minimum atomic E-state index is -0.699. The molecule has 0 amide bonds. The van der Waals surface area contributed by atoms with Crippen molar-refractivity contribution in [1.29, 1.82) is 0 Å². The summed E-state index contributed by atoms with van der Waals surface area (Å²) in [5.74, 6) is -0.576. The minimum Gasteiger partial charge on any atom is -0.350 e. The fourth-order valence-electron chi connectivity index (χ4n) is 2.76. The van der Waals surface area contributed by atoms with Gasteiger partial charge in [-0.15, -0.1) is 0 Å². The van der Waals surface area contributed by atoms with Gasteiger partial charge in [-0.25, -0.2) is 13.8 Å². The molecule has 0 saturated heterocycles. The van der Waals surface area contributed by atoms with E-state index in [9.17, 15) is 8.78 Å². The van der Waals surface area contributed by atoms with Crippen molar-refractivity contribution in [2.75, 3.05) is 10.6 Å².